The number of rotatable bonds is 6. The Morgan fingerprint density at radius 3 is 1.72 bits per heavy atom. The molecule has 0 heterocycles. The van der Waals surface area contributed by atoms with Gasteiger partial charge in [-0.3, -0.25) is 9.59 Å². The highest BCUT2D eigenvalue weighted by Gasteiger charge is 2.39. The molecule has 2 unspecified atom stereocenters. The number of esters is 2. The van der Waals surface area contributed by atoms with Crippen LogP contribution in [0.1, 0.15) is 80.6 Å². The largest absolute Gasteiger partial charge is 0.465 e. The van der Waals surface area contributed by atoms with E-state index in [9.17, 15) is 9.59 Å². The zero-order chi connectivity index (χ0) is 19.3. The molecule has 2 atom stereocenters. The molecule has 0 amide bonds. The van der Waals surface area contributed by atoms with Gasteiger partial charge in [-0.1, -0.05) is 67.7 Å². The van der Waals surface area contributed by atoms with Gasteiger partial charge >= 0.3 is 11.9 Å². The van der Waals surface area contributed by atoms with Crippen molar-refractivity contribution < 1.29 is 19.1 Å². The second kappa shape index (κ2) is 9.05. The second-order valence-corrected chi connectivity index (χ2v) is 10.0. The molecular weight excluding hydrogens is 316 g/mol. The molecule has 0 aliphatic heterocycles. The van der Waals surface area contributed by atoms with E-state index in [0.29, 0.717) is 13.2 Å². The lowest BCUT2D eigenvalue weighted by atomic mass is 9.74. The van der Waals surface area contributed by atoms with Gasteiger partial charge in [0.2, 0.25) is 0 Å². The maximum atomic E-state index is 12.8. The third kappa shape index (κ3) is 8.24. The van der Waals surface area contributed by atoms with Crippen molar-refractivity contribution in [1.82, 2.24) is 0 Å². The molecule has 1 rings (SSSR count). The lowest BCUT2D eigenvalue weighted by Gasteiger charge is -2.33. The molecule has 0 saturated heterocycles. The van der Waals surface area contributed by atoms with Crippen LogP contribution in [-0.4, -0.2) is 25.2 Å². The fraction of sp³-hybridized carbons (Fsp3) is 0.905. The van der Waals surface area contributed by atoms with Crippen LogP contribution in [0.25, 0.3) is 0 Å². The van der Waals surface area contributed by atoms with Gasteiger partial charge in [-0.25, -0.2) is 0 Å². The summed E-state index contributed by atoms with van der Waals surface area (Å²) in [4.78, 5) is 25.4. The Bertz CT molecular complexity index is 436. The maximum absolute atomic E-state index is 12.8. The highest BCUT2D eigenvalue weighted by molar-refractivity contribution is 5.82. The highest BCUT2D eigenvalue weighted by atomic mass is 16.5. The Kier molecular flexibility index (Phi) is 7.95. The Morgan fingerprint density at radius 1 is 0.840 bits per heavy atom. The van der Waals surface area contributed by atoms with Gasteiger partial charge in [0.05, 0.1) is 25.0 Å². The average Bonchev–Trinajstić information content (AvgIpc) is 2.50. The van der Waals surface area contributed by atoms with Gasteiger partial charge in [0.15, 0.2) is 0 Å². The third-order valence-electron chi connectivity index (χ3n) is 4.64. The molecule has 0 bridgehead atoms. The first-order chi connectivity index (χ1) is 11.4. The molecule has 0 N–H and O–H groups in total. The SMILES string of the molecule is CC(C(=O)OCC(C)(C)C)C(C(=O)OCC(C)(C)C)C1CCCCC1. The van der Waals surface area contributed by atoms with E-state index in [0.717, 1.165) is 25.7 Å². The number of ether oxygens (including phenoxy) is 2. The van der Waals surface area contributed by atoms with Crippen LogP contribution in [0.5, 0.6) is 0 Å². The summed E-state index contributed by atoms with van der Waals surface area (Å²) < 4.78 is 11.1. The van der Waals surface area contributed by atoms with E-state index in [1.807, 2.05) is 48.5 Å². The molecule has 146 valence electrons. The first kappa shape index (κ1) is 22.0. The van der Waals surface area contributed by atoms with Crippen molar-refractivity contribution in [3.05, 3.63) is 0 Å². The van der Waals surface area contributed by atoms with Crippen LogP contribution in [-0.2, 0) is 19.1 Å². The lowest BCUT2D eigenvalue weighted by Crippen LogP contribution is -2.38. The molecule has 0 radical (unpaired) electrons. The van der Waals surface area contributed by atoms with Gasteiger partial charge in [-0.2, -0.15) is 0 Å². The number of hydrogen-bond acceptors (Lipinski definition) is 4. The van der Waals surface area contributed by atoms with Crippen LogP contribution in [0, 0.1) is 28.6 Å². The summed E-state index contributed by atoms with van der Waals surface area (Å²) >= 11 is 0. The van der Waals surface area contributed by atoms with Crippen LogP contribution in [0.3, 0.4) is 0 Å². The normalized spacial score (nSPS) is 19.2. The molecule has 4 heteroatoms. The Balaban J connectivity index is 2.81. The van der Waals surface area contributed by atoms with Gasteiger partial charge in [0.1, 0.15) is 0 Å². The van der Waals surface area contributed by atoms with E-state index in [2.05, 4.69) is 0 Å². The van der Waals surface area contributed by atoms with Gasteiger partial charge < -0.3 is 9.47 Å². The van der Waals surface area contributed by atoms with Crippen LogP contribution >= 0.6 is 0 Å². The number of carbonyl (C=O) groups is 2. The minimum Gasteiger partial charge on any atom is -0.465 e. The van der Waals surface area contributed by atoms with E-state index in [4.69, 9.17) is 9.47 Å². The summed E-state index contributed by atoms with van der Waals surface area (Å²) in [5.74, 6) is -1.15. The van der Waals surface area contributed by atoms with Gasteiger partial charge in [-0.15, -0.1) is 0 Å². The molecule has 1 saturated carbocycles. The quantitative estimate of drug-likeness (QED) is 0.630. The molecule has 0 aromatic carbocycles. The minimum absolute atomic E-state index is 0.0806. The molecular formula is C21H38O4. The van der Waals surface area contributed by atoms with Crippen LogP contribution in [0.2, 0.25) is 0 Å². The zero-order valence-corrected chi connectivity index (χ0v) is 17.3. The Morgan fingerprint density at radius 2 is 1.28 bits per heavy atom. The van der Waals surface area contributed by atoms with E-state index >= 15 is 0 Å². The summed E-state index contributed by atoms with van der Waals surface area (Å²) in [6, 6.07) is 0. The topological polar surface area (TPSA) is 52.6 Å². The summed E-state index contributed by atoms with van der Waals surface area (Å²) in [7, 11) is 0. The molecule has 4 nitrogen and oxygen atoms in total. The second-order valence-electron chi connectivity index (χ2n) is 10.0. The minimum atomic E-state index is -0.460. The van der Waals surface area contributed by atoms with Gasteiger partial charge in [0.25, 0.3) is 0 Å². The molecule has 25 heavy (non-hydrogen) atoms. The highest BCUT2D eigenvalue weighted by Crippen LogP contribution is 2.36. The predicted octanol–water partition coefficient (Wildman–Crippen LogP) is 5.00. The lowest BCUT2D eigenvalue weighted by molar-refractivity contribution is -0.166. The smallest absolute Gasteiger partial charge is 0.310 e. The van der Waals surface area contributed by atoms with Crippen LogP contribution in [0.15, 0.2) is 0 Å². The molecule has 1 aliphatic rings. The van der Waals surface area contributed by atoms with Crippen molar-refractivity contribution >= 4 is 11.9 Å². The molecule has 1 fully saturated rings. The van der Waals surface area contributed by atoms with E-state index in [-0.39, 0.29) is 28.7 Å². The number of hydrogen-bond donors (Lipinski definition) is 0. The Labute approximate surface area is 154 Å². The fourth-order valence-corrected chi connectivity index (χ4v) is 3.25. The first-order valence-corrected chi connectivity index (χ1v) is 9.74. The standard InChI is InChI=1S/C21H38O4/c1-15(18(22)24-13-20(2,3)4)17(16-11-9-8-10-12-16)19(23)25-14-21(5,6)7/h15-17H,8-14H2,1-7H3. The number of carbonyl (C=O) groups excluding carboxylic acids is 2. The van der Waals surface area contributed by atoms with Crippen molar-refractivity contribution in [2.75, 3.05) is 13.2 Å². The predicted molar refractivity (Wildman–Crippen MR) is 100 cm³/mol. The van der Waals surface area contributed by atoms with Gasteiger partial charge in [-0.05, 0) is 29.6 Å². The van der Waals surface area contributed by atoms with E-state index in [1.165, 1.54) is 6.42 Å². The maximum Gasteiger partial charge on any atom is 0.310 e. The van der Waals surface area contributed by atoms with Crippen molar-refractivity contribution in [3.8, 4) is 0 Å². The summed E-state index contributed by atoms with van der Waals surface area (Å²) in [5, 5.41) is 0. The fourth-order valence-electron chi connectivity index (χ4n) is 3.25. The molecule has 0 aromatic rings. The molecule has 0 spiro atoms. The summed E-state index contributed by atoms with van der Waals surface area (Å²) in [6.07, 6.45) is 5.44. The van der Waals surface area contributed by atoms with Crippen molar-refractivity contribution in [2.45, 2.75) is 80.6 Å². The van der Waals surface area contributed by atoms with E-state index < -0.39 is 11.8 Å². The van der Waals surface area contributed by atoms with E-state index in [1.54, 1.807) is 0 Å². The molecule has 0 aromatic heterocycles. The molecule has 1 aliphatic carbocycles. The Hall–Kier alpha value is -1.06. The van der Waals surface area contributed by atoms with Gasteiger partial charge in [0, 0.05) is 0 Å². The van der Waals surface area contributed by atoms with Crippen LogP contribution < -0.4 is 0 Å². The summed E-state index contributed by atoms with van der Waals surface area (Å²) in [6.45, 7) is 14.8. The van der Waals surface area contributed by atoms with Crippen LogP contribution in [0.4, 0.5) is 0 Å². The van der Waals surface area contributed by atoms with Crippen molar-refractivity contribution in [3.63, 3.8) is 0 Å². The average molecular weight is 355 g/mol. The summed E-state index contributed by atoms with van der Waals surface area (Å²) in [5.41, 5.74) is -0.161. The van der Waals surface area contributed by atoms with Crippen molar-refractivity contribution in [2.24, 2.45) is 28.6 Å². The first-order valence-electron chi connectivity index (χ1n) is 9.74. The monoisotopic (exact) mass is 354 g/mol. The zero-order valence-electron chi connectivity index (χ0n) is 17.3. The van der Waals surface area contributed by atoms with Crippen molar-refractivity contribution in [1.29, 1.82) is 0 Å². The third-order valence-corrected chi connectivity index (χ3v) is 4.64.